The number of nitrogens with zero attached hydrogens (tertiary/aromatic N) is 2. The molecule has 0 aliphatic carbocycles. The van der Waals surface area contributed by atoms with E-state index in [1.54, 1.807) is 28.8 Å². The molecule has 0 aromatic heterocycles. The highest BCUT2D eigenvalue weighted by Gasteiger charge is 2.52. The summed E-state index contributed by atoms with van der Waals surface area (Å²) in [5.41, 5.74) is 0.230. The van der Waals surface area contributed by atoms with Gasteiger partial charge in [0.2, 0.25) is 11.8 Å². The lowest BCUT2D eigenvalue weighted by molar-refractivity contribution is -0.137. The minimum atomic E-state index is -0.536. The van der Waals surface area contributed by atoms with Crippen LogP contribution < -0.4 is 5.32 Å². The Labute approximate surface area is 181 Å². The van der Waals surface area contributed by atoms with E-state index in [0.717, 1.165) is 23.1 Å². The Hall–Kier alpha value is -2.33. The normalized spacial score (nSPS) is 27.3. The molecule has 3 heterocycles. The van der Waals surface area contributed by atoms with Crippen LogP contribution in [0.15, 0.2) is 29.2 Å². The second kappa shape index (κ2) is 8.07. The zero-order valence-corrected chi connectivity index (χ0v) is 17.9. The van der Waals surface area contributed by atoms with Crippen molar-refractivity contribution >= 4 is 52.6 Å². The Bertz CT molecular complexity index is 969. The summed E-state index contributed by atoms with van der Waals surface area (Å²) in [6.45, 7) is 2.07. The lowest BCUT2D eigenvalue weighted by Crippen LogP contribution is -2.51. The van der Waals surface area contributed by atoms with E-state index in [-0.39, 0.29) is 40.2 Å². The van der Waals surface area contributed by atoms with Gasteiger partial charge in [-0.15, -0.1) is 11.8 Å². The average molecular weight is 450 g/mol. The Morgan fingerprint density at radius 1 is 1.33 bits per heavy atom. The van der Waals surface area contributed by atoms with Crippen molar-refractivity contribution in [2.24, 2.45) is 0 Å². The van der Waals surface area contributed by atoms with Crippen LogP contribution >= 0.6 is 23.5 Å². The minimum Gasteiger partial charge on any atom is -0.352 e. The van der Waals surface area contributed by atoms with Gasteiger partial charge in [0, 0.05) is 30.8 Å². The number of thioether (sulfide) groups is 2. The van der Waals surface area contributed by atoms with Gasteiger partial charge in [0.25, 0.3) is 11.1 Å². The second-order valence-corrected chi connectivity index (χ2v) is 9.91. The molecule has 3 aliphatic heterocycles. The average Bonchev–Trinajstić information content (AvgIpc) is 3.30. The number of carbonyl (C=O) groups excluding carboxylic acids is 4. The minimum absolute atomic E-state index is 0.0100. The highest BCUT2D eigenvalue weighted by atomic mass is 32.2. The maximum Gasteiger partial charge on any atom is 0.293 e. The Morgan fingerprint density at radius 3 is 2.87 bits per heavy atom. The van der Waals surface area contributed by atoms with Crippen molar-refractivity contribution in [3.63, 3.8) is 0 Å². The second-order valence-electron chi connectivity index (χ2n) is 7.41. The molecule has 1 aromatic carbocycles. The zero-order chi connectivity index (χ0) is 21.5. The third-order valence-electron chi connectivity index (χ3n) is 5.45. The quantitative estimate of drug-likeness (QED) is 0.695. The van der Waals surface area contributed by atoms with E-state index in [9.17, 15) is 23.6 Å². The van der Waals surface area contributed by atoms with Crippen LogP contribution in [0.3, 0.4) is 0 Å². The molecule has 10 heteroatoms. The molecule has 2 atom stereocenters. The molecular weight excluding hydrogens is 429 g/mol. The van der Waals surface area contributed by atoms with E-state index in [0.29, 0.717) is 12.2 Å². The smallest absolute Gasteiger partial charge is 0.293 e. The third-order valence-corrected chi connectivity index (χ3v) is 7.86. The number of hydrogen-bond donors (Lipinski definition) is 1. The topological polar surface area (TPSA) is 86.8 Å². The molecule has 158 valence electrons. The number of carbonyl (C=O) groups is 4. The maximum atomic E-state index is 13.8. The summed E-state index contributed by atoms with van der Waals surface area (Å²) >= 11 is 2.35. The van der Waals surface area contributed by atoms with E-state index in [4.69, 9.17) is 0 Å². The molecule has 3 saturated heterocycles. The van der Waals surface area contributed by atoms with Crippen LogP contribution in [0.5, 0.6) is 0 Å². The summed E-state index contributed by atoms with van der Waals surface area (Å²) in [7, 11) is 0. The predicted octanol–water partition coefficient (Wildman–Crippen LogP) is 2.43. The van der Waals surface area contributed by atoms with Crippen molar-refractivity contribution in [3.8, 4) is 0 Å². The molecule has 4 amide bonds. The molecule has 1 N–H and O–H groups in total. The molecule has 0 radical (unpaired) electrons. The van der Waals surface area contributed by atoms with Gasteiger partial charge < -0.3 is 10.2 Å². The fourth-order valence-electron chi connectivity index (χ4n) is 3.85. The van der Waals surface area contributed by atoms with E-state index >= 15 is 0 Å². The maximum absolute atomic E-state index is 13.8. The zero-order valence-electron chi connectivity index (χ0n) is 16.2. The largest absolute Gasteiger partial charge is 0.352 e. The number of benzene rings is 1. The fourth-order valence-corrected chi connectivity index (χ4v) is 6.14. The third kappa shape index (κ3) is 3.74. The Kier molecular flexibility index (Phi) is 5.63. The Morgan fingerprint density at radius 2 is 2.10 bits per heavy atom. The first-order valence-corrected chi connectivity index (χ1v) is 11.3. The number of imide groups is 1. The number of fused-ring (bicyclic) bond motifs is 1. The van der Waals surface area contributed by atoms with Gasteiger partial charge in [-0.1, -0.05) is 18.2 Å². The van der Waals surface area contributed by atoms with Crippen LogP contribution in [0.25, 0.3) is 6.08 Å². The number of rotatable bonds is 5. The van der Waals surface area contributed by atoms with Crippen molar-refractivity contribution in [2.45, 2.75) is 30.7 Å². The molecule has 4 rings (SSSR count). The molecule has 0 spiro atoms. The highest BCUT2D eigenvalue weighted by Crippen LogP contribution is 2.47. The molecule has 3 aliphatic rings. The molecular formula is C20H20FN3O4S2. The van der Waals surface area contributed by atoms with Crippen LogP contribution in [0, 0.1) is 5.82 Å². The van der Waals surface area contributed by atoms with Gasteiger partial charge in [0.1, 0.15) is 11.9 Å². The summed E-state index contributed by atoms with van der Waals surface area (Å²) in [5, 5.41) is 2.27. The van der Waals surface area contributed by atoms with Crippen molar-refractivity contribution < 1.29 is 23.6 Å². The van der Waals surface area contributed by atoms with Crippen molar-refractivity contribution in [1.82, 2.24) is 15.1 Å². The summed E-state index contributed by atoms with van der Waals surface area (Å²) in [6.07, 6.45) is 2.53. The van der Waals surface area contributed by atoms with Crippen LogP contribution in [-0.4, -0.2) is 62.5 Å². The van der Waals surface area contributed by atoms with Crippen LogP contribution in [0.1, 0.15) is 25.3 Å². The van der Waals surface area contributed by atoms with E-state index in [1.165, 1.54) is 18.2 Å². The number of amides is 4. The number of nitrogens with one attached hydrogen (secondary N) is 1. The summed E-state index contributed by atoms with van der Waals surface area (Å²) < 4.78 is 13.8. The van der Waals surface area contributed by atoms with Gasteiger partial charge in [-0.25, -0.2) is 4.39 Å². The van der Waals surface area contributed by atoms with E-state index in [1.807, 2.05) is 6.92 Å². The van der Waals surface area contributed by atoms with Crippen LogP contribution in [0.4, 0.5) is 9.18 Å². The van der Waals surface area contributed by atoms with Gasteiger partial charge in [0.05, 0.1) is 9.78 Å². The summed E-state index contributed by atoms with van der Waals surface area (Å²) in [4.78, 5) is 52.0. The highest BCUT2D eigenvalue weighted by molar-refractivity contribution is 8.18. The molecule has 7 nitrogen and oxygen atoms in total. The first-order chi connectivity index (χ1) is 14.3. The first kappa shape index (κ1) is 20.9. The fraction of sp³-hybridized carbons (Fsp3) is 0.400. The van der Waals surface area contributed by atoms with Gasteiger partial charge in [-0.3, -0.25) is 24.1 Å². The van der Waals surface area contributed by atoms with Gasteiger partial charge >= 0.3 is 0 Å². The van der Waals surface area contributed by atoms with Crippen LogP contribution in [0.2, 0.25) is 0 Å². The molecule has 0 bridgehead atoms. The monoisotopic (exact) mass is 449 g/mol. The standard InChI is InChI=1S/C20H20FN3O4S2/c1-20-7-6-16(25)24(20)14(11-29-20)17(26)22-8-9-23-18(27)15(30-19(23)28)10-12-4-2-3-5-13(12)21/h2-5,10,14H,6-9,11H2,1H3,(H,22,26)/b15-10+/t14-,20+/m1/s1. The summed E-state index contributed by atoms with van der Waals surface area (Å²) in [6, 6.07) is 5.46. The van der Waals surface area contributed by atoms with Crippen molar-refractivity contribution in [3.05, 3.63) is 40.6 Å². The lowest BCUT2D eigenvalue weighted by atomic mass is 10.2. The van der Waals surface area contributed by atoms with Crippen molar-refractivity contribution in [2.75, 3.05) is 18.8 Å². The summed E-state index contributed by atoms with van der Waals surface area (Å²) in [5.74, 6) is -0.765. The molecule has 1 aromatic rings. The molecule has 30 heavy (non-hydrogen) atoms. The first-order valence-electron chi connectivity index (χ1n) is 9.54. The molecule has 0 unspecified atom stereocenters. The van der Waals surface area contributed by atoms with Gasteiger partial charge in [0.15, 0.2) is 0 Å². The lowest BCUT2D eigenvalue weighted by Gasteiger charge is -2.29. The number of halogens is 1. The SMILES string of the molecule is C[C@]12CCC(=O)N1[C@@H](C(=O)NCCN1C(=O)S/C(=C/c3ccccc3F)C1=O)CS2. The van der Waals surface area contributed by atoms with E-state index in [2.05, 4.69) is 5.32 Å². The van der Waals surface area contributed by atoms with Crippen molar-refractivity contribution in [1.29, 1.82) is 0 Å². The van der Waals surface area contributed by atoms with Gasteiger partial charge in [-0.2, -0.15) is 0 Å². The Balaban J connectivity index is 1.35. The van der Waals surface area contributed by atoms with E-state index < -0.39 is 23.0 Å². The van der Waals surface area contributed by atoms with Crippen LogP contribution in [-0.2, 0) is 14.4 Å². The predicted molar refractivity (Wildman–Crippen MR) is 113 cm³/mol. The molecule has 3 fully saturated rings. The van der Waals surface area contributed by atoms with Gasteiger partial charge in [-0.05, 0) is 37.2 Å². The molecule has 0 saturated carbocycles. The number of hydrogen-bond acceptors (Lipinski definition) is 6.